The van der Waals surface area contributed by atoms with E-state index in [1.54, 1.807) is 12.2 Å². The van der Waals surface area contributed by atoms with Gasteiger partial charge in [-0.25, -0.2) is 0 Å². The molecule has 0 saturated heterocycles. The minimum Gasteiger partial charge on any atom is -0.290 e. The van der Waals surface area contributed by atoms with Crippen LogP contribution in [0.25, 0.3) is 0 Å². The van der Waals surface area contributed by atoms with Gasteiger partial charge in [0, 0.05) is 0 Å². The molecule has 1 aliphatic carbocycles. The van der Waals surface area contributed by atoms with Crippen molar-refractivity contribution < 1.29 is 10.1 Å². The molecule has 0 amide bonds. The topological polar surface area (TPSA) is 40.9 Å². The molecule has 10 heavy (non-hydrogen) atoms. The van der Waals surface area contributed by atoms with Crippen molar-refractivity contribution >= 4 is 5.78 Å². The summed E-state index contributed by atoms with van der Waals surface area (Å²) < 4.78 is 0. The van der Waals surface area contributed by atoms with Crippen LogP contribution >= 0.6 is 0 Å². The molecule has 2 heteroatoms. The lowest BCUT2D eigenvalue weighted by atomic mass is 10.1. The summed E-state index contributed by atoms with van der Waals surface area (Å²) in [4.78, 5) is 10.5. The molecule has 0 atom stereocenters. The molecular formula is C8H6NO+. The Balaban J connectivity index is 2.83. The molecular weight excluding hydrogens is 126 g/mol. The van der Waals surface area contributed by atoms with E-state index in [1.807, 2.05) is 0 Å². The fourth-order valence-corrected chi connectivity index (χ4v) is 0.647. The standard InChI is InChI=1S/C8H5NO/c9-6-5-7-1-3-8(10)4-2-7/h1-5H/p+1. The average molecular weight is 132 g/mol. The van der Waals surface area contributed by atoms with Crippen molar-refractivity contribution in [2.45, 2.75) is 0 Å². The highest BCUT2D eigenvalue weighted by molar-refractivity contribution is 6.01. The zero-order chi connectivity index (χ0) is 7.40. The predicted molar refractivity (Wildman–Crippen MR) is 36.2 cm³/mol. The zero-order valence-corrected chi connectivity index (χ0v) is 5.29. The van der Waals surface area contributed by atoms with Crippen LogP contribution in [0.2, 0.25) is 0 Å². The highest BCUT2D eigenvalue weighted by atomic mass is 16.1. The molecule has 0 fully saturated rings. The molecule has 1 rings (SSSR count). The van der Waals surface area contributed by atoms with Gasteiger partial charge in [-0.2, -0.15) is 0 Å². The summed E-state index contributed by atoms with van der Waals surface area (Å²) in [5.41, 5.74) is 0.828. The first-order chi connectivity index (χ1) is 4.83. The first kappa shape index (κ1) is 6.50. The highest BCUT2D eigenvalue weighted by Crippen LogP contribution is 2.03. The maximum atomic E-state index is 10.5. The number of rotatable bonds is 0. The summed E-state index contributed by atoms with van der Waals surface area (Å²) in [5, 5.41) is 6.61. The van der Waals surface area contributed by atoms with Crippen molar-refractivity contribution in [2.75, 3.05) is 0 Å². The van der Waals surface area contributed by atoms with E-state index in [0.29, 0.717) is 0 Å². The number of ketones is 1. The molecule has 0 aromatic carbocycles. The second-order valence-electron chi connectivity index (χ2n) is 1.86. The molecule has 0 unspecified atom stereocenters. The third-order valence-electron chi connectivity index (χ3n) is 1.12. The molecule has 1 N–H and O–H groups in total. The van der Waals surface area contributed by atoms with E-state index in [0.717, 1.165) is 5.57 Å². The predicted octanol–water partition coefficient (Wildman–Crippen LogP) is -0.619. The van der Waals surface area contributed by atoms with Gasteiger partial charge < -0.3 is 0 Å². The first-order valence-electron chi connectivity index (χ1n) is 2.85. The minimum absolute atomic E-state index is 0.0119. The molecule has 0 heterocycles. The SMILES string of the molecule is [NH+]#CC=C1C=CC(=O)C=C1. The van der Waals surface area contributed by atoms with E-state index in [-0.39, 0.29) is 5.78 Å². The van der Waals surface area contributed by atoms with Gasteiger partial charge in [0.25, 0.3) is 0 Å². The monoisotopic (exact) mass is 132 g/mol. The molecule has 0 spiro atoms. The van der Waals surface area contributed by atoms with E-state index < -0.39 is 0 Å². The Morgan fingerprint density at radius 1 is 1.30 bits per heavy atom. The van der Waals surface area contributed by atoms with Gasteiger partial charge in [0.2, 0.25) is 0 Å². The fourth-order valence-electron chi connectivity index (χ4n) is 0.647. The Morgan fingerprint density at radius 3 is 2.40 bits per heavy atom. The number of hydrogen-bond acceptors (Lipinski definition) is 1. The highest BCUT2D eigenvalue weighted by Gasteiger charge is 1.96. The molecule has 0 bridgehead atoms. The van der Waals surface area contributed by atoms with Gasteiger partial charge in [0.05, 0.1) is 6.08 Å². The zero-order valence-electron chi connectivity index (χ0n) is 5.29. The Morgan fingerprint density at radius 2 is 1.90 bits per heavy atom. The third-order valence-corrected chi connectivity index (χ3v) is 1.12. The molecule has 0 saturated carbocycles. The summed E-state index contributed by atoms with van der Waals surface area (Å²) in [6, 6.07) is 2.13. The van der Waals surface area contributed by atoms with Crippen LogP contribution in [-0.2, 0) is 4.79 Å². The lowest BCUT2D eigenvalue weighted by molar-refractivity contribution is -0.110. The molecule has 2 nitrogen and oxygen atoms in total. The van der Waals surface area contributed by atoms with Gasteiger partial charge in [0.15, 0.2) is 5.78 Å². The maximum absolute atomic E-state index is 10.5. The average Bonchev–Trinajstić information content (AvgIpc) is 1.95. The molecule has 48 valence electrons. The van der Waals surface area contributed by atoms with Gasteiger partial charge in [0.1, 0.15) is 0 Å². The minimum atomic E-state index is -0.0119. The van der Waals surface area contributed by atoms with E-state index in [9.17, 15) is 4.79 Å². The van der Waals surface area contributed by atoms with Gasteiger partial charge in [-0.05, 0) is 17.7 Å². The molecule has 0 aromatic rings. The van der Waals surface area contributed by atoms with Crippen LogP contribution in [0.5, 0.6) is 0 Å². The largest absolute Gasteiger partial charge is 0.301 e. The Bertz CT molecular complexity index is 258. The Kier molecular flexibility index (Phi) is 1.81. The smallest absolute Gasteiger partial charge is 0.290 e. The molecule has 1 aliphatic rings. The molecule has 0 aliphatic heterocycles. The lowest BCUT2D eigenvalue weighted by Crippen LogP contribution is -2.15. The van der Waals surface area contributed by atoms with Crippen molar-refractivity contribution in [3.05, 3.63) is 36.0 Å². The summed E-state index contributed by atoms with van der Waals surface area (Å²) in [7, 11) is 0. The summed E-state index contributed by atoms with van der Waals surface area (Å²) in [6.45, 7) is 0. The summed E-state index contributed by atoms with van der Waals surface area (Å²) in [6.07, 6.45) is 7.74. The van der Waals surface area contributed by atoms with Crippen LogP contribution in [0, 0.1) is 6.07 Å². The third kappa shape index (κ3) is 1.43. The van der Waals surface area contributed by atoms with Gasteiger partial charge in [-0.1, -0.05) is 17.4 Å². The Hall–Kier alpha value is -1.62. The molecule has 0 aromatic heterocycles. The van der Waals surface area contributed by atoms with Crippen LogP contribution in [0.1, 0.15) is 0 Å². The number of nitrogens with one attached hydrogen (secondary N) is 1. The van der Waals surface area contributed by atoms with E-state index in [4.69, 9.17) is 5.26 Å². The van der Waals surface area contributed by atoms with Crippen LogP contribution in [-0.4, -0.2) is 5.78 Å². The van der Waals surface area contributed by atoms with Crippen molar-refractivity contribution in [3.63, 3.8) is 0 Å². The van der Waals surface area contributed by atoms with E-state index >= 15 is 0 Å². The van der Waals surface area contributed by atoms with Crippen LogP contribution in [0.4, 0.5) is 0 Å². The number of carbonyl (C=O) groups excluding carboxylic acids is 1. The number of hydrogen-bond donors (Lipinski definition) is 1. The summed E-state index contributed by atoms with van der Waals surface area (Å²) >= 11 is 0. The summed E-state index contributed by atoms with van der Waals surface area (Å²) in [5.74, 6) is -0.0119. The lowest BCUT2D eigenvalue weighted by Gasteiger charge is -1.93. The van der Waals surface area contributed by atoms with Crippen molar-refractivity contribution in [2.24, 2.45) is 0 Å². The van der Waals surface area contributed by atoms with Crippen LogP contribution in [0.3, 0.4) is 0 Å². The van der Waals surface area contributed by atoms with Gasteiger partial charge in [-0.15, -0.1) is 0 Å². The quantitative estimate of drug-likeness (QED) is 0.438. The van der Waals surface area contributed by atoms with Crippen molar-refractivity contribution in [1.29, 1.82) is 0 Å². The fraction of sp³-hybridized carbons (Fsp3) is 0. The van der Waals surface area contributed by atoms with E-state index in [1.165, 1.54) is 18.2 Å². The van der Waals surface area contributed by atoms with E-state index in [2.05, 4.69) is 6.07 Å². The Labute approximate surface area is 58.8 Å². The second kappa shape index (κ2) is 2.79. The van der Waals surface area contributed by atoms with Crippen LogP contribution < -0.4 is 5.26 Å². The van der Waals surface area contributed by atoms with Gasteiger partial charge >= 0.3 is 6.07 Å². The second-order valence-corrected chi connectivity index (χ2v) is 1.86. The van der Waals surface area contributed by atoms with Crippen molar-refractivity contribution in [3.8, 4) is 6.07 Å². The maximum Gasteiger partial charge on any atom is 0.301 e. The normalized spacial score (nSPS) is 15.1. The molecule has 0 radical (unpaired) electrons. The van der Waals surface area contributed by atoms with Gasteiger partial charge in [-0.3, -0.25) is 4.79 Å². The van der Waals surface area contributed by atoms with Crippen molar-refractivity contribution in [1.82, 2.24) is 0 Å². The number of allylic oxidation sites excluding steroid dienone is 6. The number of carbonyl (C=O) groups is 1. The van der Waals surface area contributed by atoms with Crippen LogP contribution in [0.15, 0.2) is 36.0 Å². The first-order valence-corrected chi connectivity index (χ1v) is 2.85.